The summed E-state index contributed by atoms with van der Waals surface area (Å²) in [7, 11) is 4.91. The van der Waals surface area contributed by atoms with Gasteiger partial charge in [0, 0.05) is 19.5 Å². The van der Waals surface area contributed by atoms with Gasteiger partial charge in [-0.05, 0) is 24.3 Å². The average Bonchev–Trinajstić information content (AvgIpc) is 2.37. The van der Waals surface area contributed by atoms with Crippen LogP contribution in [-0.2, 0) is 4.79 Å². The molecule has 0 N–H and O–H groups in total. The van der Waals surface area contributed by atoms with E-state index in [4.69, 9.17) is 9.47 Å². The maximum Gasteiger partial charge on any atom is 0.227 e. The first kappa shape index (κ1) is 14.7. The molecule has 4 nitrogen and oxygen atoms in total. The number of benzene rings is 1. The fraction of sp³-hybridized carbons (Fsp3) is 0.462. The fourth-order valence-electron chi connectivity index (χ4n) is 1.69. The van der Waals surface area contributed by atoms with E-state index >= 15 is 0 Å². The first-order chi connectivity index (χ1) is 8.54. The van der Waals surface area contributed by atoms with Crippen molar-refractivity contribution in [3.05, 3.63) is 17.7 Å². The summed E-state index contributed by atoms with van der Waals surface area (Å²) in [4.78, 5) is 13.4. The molecule has 0 radical (unpaired) electrons. The fourth-order valence-corrected chi connectivity index (χ4v) is 1.89. The number of anilines is 1. The van der Waals surface area contributed by atoms with Gasteiger partial charge in [-0.3, -0.25) is 4.79 Å². The Labute approximate surface area is 113 Å². The number of ether oxygens (including phenoxy) is 2. The molecule has 1 aromatic rings. The predicted molar refractivity (Wildman–Crippen MR) is 76.2 cm³/mol. The molecule has 0 atom stereocenters. The lowest BCUT2D eigenvalue weighted by atomic mass is 10.1. The van der Waals surface area contributed by atoms with Gasteiger partial charge < -0.3 is 14.4 Å². The molecular formula is C13H19NO3S. The van der Waals surface area contributed by atoms with Crippen molar-refractivity contribution in [2.75, 3.05) is 31.9 Å². The summed E-state index contributed by atoms with van der Waals surface area (Å²) in [5, 5.41) is 0. The van der Waals surface area contributed by atoms with Gasteiger partial charge in [0.2, 0.25) is 5.91 Å². The second-order valence-electron chi connectivity index (χ2n) is 3.92. The number of carbonyl (C=O) groups is 1. The molecular weight excluding hydrogens is 250 g/mol. The Morgan fingerprint density at radius 3 is 2.39 bits per heavy atom. The van der Waals surface area contributed by atoms with Crippen LogP contribution in [0.1, 0.15) is 12.0 Å². The molecule has 5 heteroatoms. The number of methoxy groups -OCH3 is 2. The molecule has 0 fully saturated rings. The third-order valence-electron chi connectivity index (χ3n) is 2.76. The Morgan fingerprint density at radius 1 is 1.28 bits per heavy atom. The van der Waals surface area contributed by atoms with Gasteiger partial charge in [-0.2, -0.15) is 12.6 Å². The van der Waals surface area contributed by atoms with Gasteiger partial charge in [0.05, 0.1) is 19.9 Å². The van der Waals surface area contributed by atoms with Crippen molar-refractivity contribution in [1.29, 1.82) is 0 Å². The van der Waals surface area contributed by atoms with Gasteiger partial charge in [0.25, 0.3) is 0 Å². The third kappa shape index (κ3) is 3.10. The minimum atomic E-state index is -0.00536. The average molecular weight is 269 g/mol. The molecule has 0 aromatic heterocycles. The molecule has 1 rings (SSSR count). The molecule has 18 heavy (non-hydrogen) atoms. The lowest BCUT2D eigenvalue weighted by molar-refractivity contribution is -0.117. The quantitative estimate of drug-likeness (QED) is 0.834. The van der Waals surface area contributed by atoms with Crippen LogP contribution in [0.15, 0.2) is 12.1 Å². The monoisotopic (exact) mass is 269 g/mol. The van der Waals surface area contributed by atoms with Gasteiger partial charge in [0.1, 0.15) is 11.5 Å². The van der Waals surface area contributed by atoms with Crippen LogP contribution < -0.4 is 14.4 Å². The minimum absolute atomic E-state index is 0.00536. The van der Waals surface area contributed by atoms with E-state index in [1.807, 2.05) is 19.1 Å². The zero-order valence-corrected chi connectivity index (χ0v) is 12.1. The normalized spacial score (nSPS) is 10.1. The number of hydrogen-bond acceptors (Lipinski definition) is 4. The minimum Gasteiger partial charge on any atom is -0.496 e. The van der Waals surface area contributed by atoms with Crippen molar-refractivity contribution in [2.24, 2.45) is 0 Å². The van der Waals surface area contributed by atoms with E-state index in [1.54, 1.807) is 26.2 Å². The molecule has 100 valence electrons. The van der Waals surface area contributed by atoms with E-state index in [1.165, 1.54) is 0 Å². The molecule has 0 bridgehead atoms. The highest BCUT2D eigenvalue weighted by Gasteiger charge is 2.17. The van der Waals surface area contributed by atoms with Crippen molar-refractivity contribution in [2.45, 2.75) is 13.3 Å². The molecule has 0 aliphatic carbocycles. The summed E-state index contributed by atoms with van der Waals surface area (Å²) < 4.78 is 10.6. The van der Waals surface area contributed by atoms with Crippen LogP contribution in [-0.4, -0.2) is 32.9 Å². The maximum absolute atomic E-state index is 11.9. The third-order valence-corrected chi connectivity index (χ3v) is 2.98. The Morgan fingerprint density at radius 2 is 1.89 bits per heavy atom. The number of rotatable bonds is 5. The summed E-state index contributed by atoms with van der Waals surface area (Å²) in [5.41, 5.74) is 1.67. The largest absolute Gasteiger partial charge is 0.496 e. The van der Waals surface area contributed by atoms with Gasteiger partial charge in [-0.1, -0.05) is 0 Å². The van der Waals surface area contributed by atoms with Crippen LogP contribution in [0.5, 0.6) is 11.5 Å². The van der Waals surface area contributed by atoms with Gasteiger partial charge in [0.15, 0.2) is 0 Å². The van der Waals surface area contributed by atoms with Crippen molar-refractivity contribution < 1.29 is 14.3 Å². The predicted octanol–water partition coefficient (Wildman–Crippen LogP) is 2.29. The van der Waals surface area contributed by atoms with Crippen LogP contribution in [0, 0.1) is 6.92 Å². The molecule has 0 aliphatic heterocycles. The van der Waals surface area contributed by atoms with E-state index < -0.39 is 0 Å². The Balaban J connectivity index is 3.16. The highest BCUT2D eigenvalue weighted by Crippen LogP contribution is 2.34. The first-order valence-corrected chi connectivity index (χ1v) is 6.28. The number of aryl methyl sites for hydroxylation is 1. The van der Waals surface area contributed by atoms with E-state index in [-0.39, 0.29) is 5.91 Å². The van der Waals surface area contributed by atoms with Crippen molar-refractivity contribution >= 4 is 24.2 Å². The van der Waals surface area contributed by atoms with E-state index in [0.717, 1.165) is 11.3 Å². The summed E-state index contributed by atoms with van der Waals surface area (Å²) >= 11 is 4.07. The zero-order valence-electron chi connectivity index (χ0n) is 11.2. The zero-order chi connectivity index (χ0) is 13.7. The van der Waals surface area contributed by atoms with Gasteiger partial charge in [-0.25, -0.2) is 0 Å². The number of hydrogen-bond donors (Lipinski definition) is 1. The second-order valence-corrected chi connectivity index (χ2v) is 4.37. The number of nitrogens with zero attached hydrogens (tertiary/aromatic N) is 1. The van der Waals surface area contributed by atoms with Crippen LogP contribution in [0.25, 0.3) is 0 Å². The summed E-state index contributed by atoms with van der Waals surface area (Å²) in [6, 6.07) is 3.67. The van der Waals surface area contributed by atoms with Crippen LogP contribution >= 0.6 is 12.6 Å². The van der Waals surface area contributed by atoms with E-state index in [0.29, 0.717) is 23.6 Å². The van der Waals surface area contributed by atoms with Crippen molar-refractivity contribution in [1.82, 2.24) is 0 Å². The van der Waals surface area contributed by atoms with E-state index in [9.17, 15) is 4.79 Å². The molecule has 0 spiro atoms. The number of thiol groups is 1. The summed E-state index contributed by atoms with van der Waals surface area (Å²) in [6.45, 7) is 1.93. The highest BCUT2D eigenvalue weighted by molar-refractivity contribution is 7.80. The summed E-state index contributed by atoms with van der Waals surface area (Å²) in [6.07, 6.45) is 0.388. The summed E-state index contributed by atoms with van der Waals surface area (Å²) in [5.74, 6) is 1.91. The maximum atomic E-state index is 11.9. The van der Waals surface area contributed by atoms with Gasteiger partial charge >= 0.3 is 0 Å². The first-order valence-electron chi connectivity index (χ1n) is 5.65. The molecule has 0 aliphatic rings. The lowest BCUT2D eigenvalue weighted by Crippen LogP contribution is -2.26. The number of carbonyl (C=O) groups excluding carboxylic acids is 1. The standard InChI is InChI=1S/C13H19NO3S/c1-9-7-12(17-4)10(8-11(9)16-3)14(2)13(15)5-6-18/h7-8,18H,5-6H2,1-4H3. The molecule has 0 heterocycles. The number of amides is 1. The lowest BCUT2D eigenvalue weighted by Gasteiger charge is -2.21. The van der Waals surface area contributed by atoms with Crippen molar-refractivity contribution in [3.63, 3.8) is 0 Å². The van der Waals surface area contributed by atoms with Crippen LogP contribution in [0.3, 0.4) is 0 Å². The smallest absolute Gasteiger partial charge is 0.227 e. The Hall–Kier alpha value is -1.36. The van der Waals surface area contributed by atoms with Gasteiger partial charge in [-0.15, -0.1) is 0 Å². The Kier molecular flexibility index (Phi) is 5.34. The highest BCUT2D eigenvalue weighted by atomic mass is 32.1. The second kappa shape index (κ2) is 6.54. The molecule has 1 aromatic carbocycles. The SMILES string of the molecule is COc1cc(N(C)C(=O)CCS)c(OC)cc1C. The van der Waals surface area contributed by atoms with Crippen LogP contribution in [0.2, 0.25) is 0 Å². The van der Waals surface area contributed by atoms with E-state index in [2.05, 4.69) is 12.6 Å². The Bertz CT molecular complexity index is 434. The topological polar surface area (TPSA) is 38.8 Å². The molecule has 0 saturated carbocycles. The van der Waals surface area contributed by atoms with Crippen LogP contribution in [0.4, 0.5) is 5.69 Å². The van der Waals surface area contributed by atoms with Crippen molar-refractivity contribution in [3.8, 4) is 11.5 Å². The molecule has 1 amide bonds. The molecule has 0 unspecified atom stereocenters. The molecule has 0 saturated heterocycles.